The third-order valence-electron chi connectivity index (χ3n) is 3.23. The molecule has 0 aliphatic rings. The molecule has 0 aliphatic carbocycles. The fourth-order valence-electron chi connectivity index (χ4n) is 2.03. The molecule has 0 spiro atoms. The fourth-order valence-corrected chi connectivity index (χ4v) is 2.27. The molecule has 8 heteroatoms. The summed E-state index contributed by atoms with van der Waals surface area (Å²) in [5, 5.41) is 11.4. The second kappa shape index (κ2) is 10.3. The Morgan fingerprint density at radius 2 is 1.67 bits per heavy atom. The van der Waals surface area contributed by atoms with E-state index in [9.17, 15) is 9.59 Å². The Morgan fingerprint density at radius 3 is 2.26 bits per heavy atom. The number of carbonyl (C=O) groups is 2. The van der Waals surface area contributed by atoms with Crippen molar-refractivity contribution in [2.75, 3.05) is 25.1 Å². The second-order valence-electron chi connectivity index (χ2n) is 5.48. The van der Waals surface area contributed by atoms with Crippen LogP contribution >= 0.6 is 11.6 Å². The highest BCUT2D eigenvalue weighted by Gasteiger charge is 2.08. The zero-order chi connectivity index (χ0) is 19.6. The lowest BCUT2D eigenvalue weighted by atomic mass is 10.3. The molecule has 2 aromatic carbocycles. The van der Waals surface area contributed by atoms with Crippen molar-refractivity contribution in [3.05, 3.63) is 47.5 Å². The summed E-state index contributed by atoms with van der Waals surface area (Å²) in [6.45, 7) is 2.00. The molecule has 0 unspecified atom stereocenters. The number of carbonyl (C=O) groups excluding carboxylic acids is 1. The number of ether oxygens (including phenoxy) is 3. The molecule has 0 atom stereocenters. The van der Waals surface area contributed by atoms with Gasteiger partial charge >= 0.3 is 5.97 Å². The van der Waals surface area contributed by atoms with Crippen LogP contribution in [0.3, 0.4) is 0 Å². The lowest BCUT2D eigenvalue weighted by molar-refractivity contribution is -0.139. The standard InChI is InChI=1S/C19H20ClNO6/c1-2-9-25-14-4-6-15(7-5-14)26-11-18(22)21-13-3-8-17(16(20)10-13)27-12-19(23)24/h3-8,10H,2,9,11-12H2,1H3,(H,21,22)(H,23,24). The van der Waals surface area contributed by atoms with Gasteiger partial charge < -0.3 is 24.6 Å². The van der Waals surface area contributed by atoms with E-state index in [2.05, 4.69) is 5.32 Å². The summed E-state index contributed by atoms with van der Waals surface area (Å²) in [6, 6.07) is 11.5. The van der Waals surface area contributed by atoms with Gasteiger partial charge in [-0.05, 0) is 48.9 Å². The monoisotopic (exact) mass is 393 g/mol. The van der Waals surface area contributed by atoms with E-state index in [1.807, 2.05) is 6.92 Å². The molecular formula is C19H20ClNO6. The average Bonchev–Trinajstić information content (AvgIpc) is 2.64. The van der Waals surface area contributed by atoms with Crippen molar-refractivity contribution in [2.24, 2.45) is 0 Å². The third kappa shape index (κ3) is 7.07. The Morgan fingerprint density at radius 1 is 1.00 bits per heavy atom. The minimum atomic E-state index is -1.11. The van der Waals surface area contributed by atoms with Crippen LogP contribution in [0.1, 0.15) is 13.3 Å². The maximum atomic E-state index is 12.0. The van der Waals surface area contributed by atoms with Crippen molar-refractivity contribution in [3.63, 3.8) is 0 Å². The number of benzene rings is 2. The minimum Gasteiger partial charge on any atom is -0.494 e. The number of rotatable bonds is 10. The lowest BCUT2D eigenvalue weighted by Crippen LogP contribution is -2.20. The van der Waals surface area contributed by atoms with Gasteiger partial charge in [0.2, 0.25) is 0 Å². The summed E-state index contributed by atoms with van der Waals surface area (Å²) in [5.74, 6) is 0.0405. The predicted octanol–water partition coefficient (Wildman–Crippen LogP) is 3.61. The fraction of sp³-hybridized carbons (Fsp3) is 0.263. The molecule has 0 aliphatic heterocycles. The number of amides is 1. The van der Waals surface area contributed by atoms with E-state index >= 15 is 0 Å². The van der Waals surface area contributed by atoms with Crippen LogP contribution in [-0.2, 0) is 9.59 Å². The molecule has 2 N–H and O–H groups in total. The summed E-state index contributed by atoms with van der Waals surface area (Å²) >= 11 is 6.01. The molecular weight excluding hydrogens is 374 g/mol. The molecule has 0 heterocycles. The van der Waals surface area contributed by atoms with Crippen LogP contribution in [-0.4, -0.2) is 36.8 Å². The van der Waals surface area contributed by atoms with Crippen LogP contribution in [0.4, 0.5) is 5.69 Å². The summed E-state index contributed by atoms with van der Waals surface area (Å²) in [7, 11) is 0. The number of anilines is 1. The number of nitrogens with one attached hydrogen (secondary N) is 1. The van der Waals surface area contributed by atoms with E-state index in [4.69, 9.17) is 30.9 Å². The van der Waals surface area contributed by atoms with E-state index in [0.29, 0.717) is 18.0 Å². The Kier molecular flexibility index (Phi) is 7.76. The smallest absolute Gasteiger partial charge is 0.341 e. The van der Waals surface area contributed by atoms with Crippen LogP contribution in [0.5, 0.6) is 17.2 Å². The normalized spacial score (nSPS) is 10.1. The maximum Gasteiger partial charge on any atom is 0.341 e. The lowest BCUT2D eigenvalue weighted by Gasteiger charge is -2.10. The number of hydrogen-bond acceptors (Lipinski definition) is 5. The Hall–Kier alpha value is -2.93. The topological polar surface area (TPSA) is 94.1 Å². The van der Waals surface area contributed by atoms with Crippen LogP contribution < -0.4 is 19.5 Å². The molecule has 0 saturated carbocycles. The highest BCUT2D eigenvalue weighted by Crippen LogP contribution is 2.27. The first-order valence-corrected chi connectivity index (χ1v) is 8.65. The molecule has 2 aromatic rings. The SMILES string of the molecule is CCCOc1ccc(OCC(=O)Nc2ccc(OCC(=O)O)c(Cl)c2)cc1. The van der Waals surface area contributed by atoms with Gasteiger partial charge in [-0.3, -0.25) is 4.79 Å². The summed E-state index contributed by atoms with van der Waals surface area (Å²) in [4.78, 5) is 22.5. The van der Waals surface area contributed by atoms with E-state index in [0.717, 1.165) is 12.2 Å². The van der Waals surface area contributed by atoms with E-state index < -0.39 is 12.6 Å². The molecule has 144 valence electrons. The zero-order valence-electron chi connectivity index (χ0n) is 14.7. The first-order valence-electron chi connectivity index (χ1n) is 8.27. The highest BCUT2D eigenvalue weighted by molar-refractivity contribution is 6.32. The average molecular weight is 394 g/mol. The van der Waals surface area contributed by atoms with E-state index in [1.54, 1.807) is 30.3 Å². The van der Waals surface area contributed by atoms with Crippen molar-refractivity contribution < 1.29 is 28.9 Å². The second-order valence-corrected chi connectivity index (χ2v) is 5.89. The molecule has 0 aromatic heterocycles. The third-order valence-corrected chi connectivity index (χ3v) is 3.53. The van der Waals surface area contributed by atoms with Gasteiger partial charge in [0.05, 0.1) is 11.6 Å². The quantitative estimate of drug-likeness (QED) is 0.640. The van der Waals surface area contributed by atoms with Crippen LogP contribution in [0.2, 0.25) is 5.02 Å². The van der Waals surface area contributed by atoms with Crippen LogP contribution in [0.15, 0.2) is 42.5 Å². The van der Waals surface area contributed by atoms with Crippen molar-refractivity contribution in [2.45, 2.75) is 13.3 Å². The first kappa shape index (κ1) is 20.4. The Balaban J connectivity index is 1.83. The molecule has 1 amide bonds. The van der Waals surface area contributed by atoms with Gasteiger partial charge in [-0.15, -0.1) is 0 Å². The van der Waals surface area contributed by atoms with Crippen molar-refractivity contribution in [1.82, 2.24) is 0 Å². The largest absolute Gasteiger partial charge is 0.494 e. The van der Waals surface area contributed by atoms with E-state index in [1.165, 1.54) is 12.1 Å². The molecule has 0 fully saturated rings. The first-order chi connectivity index (χ1) is 13.0. The minimum absolute atomic E-state index is 0.177. The van der Waals surface area contributed by atoms with Gasteiger partial charge in [-0.25, -0.2) is 4.79 Å². The van der Waals surface area contributed by atoms with Crippen LogP contribution in [0.25, 0.3) is 0 Å². The maximum absolute atomic E-state index is 12.0. The highest BCUT2D eigenvalue weighted by atomic mass is 35.5. The van der Waals surface area contributed by atoms with Gasteiger partial charge in [-0.1, -0.05) is 18.5 Å². The zero-order valence-corrected chi connectivity index (χ0v) is 15.5. The number of carboxylic acids is 1. The summed E-state index contributed by atoms with van der Waals surface area (Å²) in [5.41, 5.74) is 0.444. The summed E-state index contributed by atoms with van der Waals surface area (Å²) in [6.07, 6.45) is 0.926. The predicted molar refractivity (Wildman–Crippen MR) is 101 cm³/mol. The Labute approximate surface area is 161 Å². The number of hydrogen-bond donors (Lipinski definition) is 2. The number of halogens is 1. The van der Waals surface area contributed by atoms with Crippen molar-refractivity contribution in [1.29, 1.82) is 0 Å². The number of aliphatic carboxylic acids is 1. The van der Waals surface area contributed by atoms with Gasteiger partial charge in [-0.2, -0.15) is 0 Å². The molecule has 0 radical (unpaired) electrons. The van der Waals surface area contributed by atoms with Gasteiger partial charge in [0.25, 0.3) is 5.91 Å². The van der Waals surface area contributed by atoms with E-state index in [-0.39, 0.29) is 23.3 Å². The van der Waals surface area contributed by atoms with Crippen LogP contribution in [0, 0.1) is 0 Å². The van der Waals surface area contributed by atoms with Gasteiger partial charge in [0, 0.05) is 5.69 Å². The molecule has 27 heavy (non-hydrogen) atoms. The van der Waals surface area contributed by atoms with Gasteiger partial charge in [0.1, 0.15) is 17.2 Å². The summed E-state index contributed by atoms with van der Waals surface area (Å²) < 4.78 is 15.9. The van der Waals surface area contributed by atoms with Gasteiger partial charge in [0.15, 0.2) is 13.2 Å². The molecule has 0 bridgehead atoms. The van der Waals surface area contributed by atoms with Crippen molar-refractivity contribution in [3.8, 4) is 17.2 Å². The molecule has 7 nitrogen and oxygen atoms in total. The molecule has 0 saturated heterocycles. The molecule has 2 rings (SSSR count). The van der Waals surface area contributed by atoms with Crippen molar-refractivity contribution >= 4 is 29.2 Å². The number of carboxylic acid groups (broad SMARTS) is 1. The Bertz CT molecular complexity index is 778.